The largest absolute Gasteiger partial charge is 0.460 e. The molecule has 32 heavy (non-hydrogen) atoms. The Balaban J connectivity index is 1.48. The minimum absolute atomic E-state index is 0.0566. The van der Waals surface area contributed by atoms with Crippen molar-refractivity contribution in [1.82, 2.24) is 10.3 Å². The van der Waals surface area contributed by atoms with Crippen LogP contribution in [-0.2, 0) is 11.2 Å². The van der Waals surface area contributed by atoms with Crippen LogP contribution in [0.2, 0.25) is 0 Å². The molecule has 1 N–H and O–H groups in total. The quantitative estimate of drug-likeness (QED) is 0.466. The number of hydrogen-bond donors (Lipinski definition) is 1. The maximum Gasteiger partial charge on any atom is 0.407 e. The van der Waals surface area contributed by atoms with Crippen molar-refractivity contribution in [3.8, 4) is 0 Å². The second-order valence-electron chi connectivity index (χ2n) is 8.25. The van der Waals surface area contributed by atoms with Gasteiger partial charge in [-0.1, -0.05) is 42.5 Å². The lowest BCUT2D eigenvalue weighted by atomic mass is 9.90. The molecule has 0 radical (unpaired) electrons. The Morgan fingerprint density at radius 2 is 2.03 bits per heavy atom. The summed E-state index contributed by atoms with van der Waals surface area (Å²) in [5.74, 6) is 0.868. The molecule has 1 saturated heterocycles. The fourth-order valence-electron chi connectivity index (χ4n) is 4.80. The zero-order valence-electron chi connectivity index (χ0n) is 18.2. The molecule has 2 aromatic heterocycles. The fraction of sp³-hybridized carbons (Fsp3) is 0.308. The molecule has 3 heterocycles. The number of amides is 1. The van der Waals surface area contributed by atoms with Crippen LogP contribution in [0.1, 0.15) is 25.3 Å². The number of pyridine rings is 1. The molecule has 0 saturated carbocycles. The summed E-state index contributed by atoms with van der Waals surface area (Å²) in [6.45, 7) is 2.97. The molecule has 4 aromatic rings. The van der Waals surface area contributed by atoms with Crippen molar-refractivity contribution in [2.75, 3.05) is 18.1 Å². The molecule has 2 aromatic carbocycles. The maximum atomic E-state index is 12.1. The van der Waals surface area contributed by atoms with E-state index in [1.807, 2.05) is 25.3 Å². The maximum absolute atomic E-state index is 12.1. The van der Waals surface area contributed by atoms with Crippen LogP contribution in [0.15, 0.2) is 71.5 Å². The minimum Gasteiger partial charge on any atom is -0.460 e. The van der Waals surface area contributed by atoms with Crippen LogP contribution in [0.3, 0.4) is 0 Å². The van der Waals surface area contributed by atoms with Crippen LogP contribution < -0.4 is 10.2 Å². The Morgan fingerprint density at radius 3 is 2.94 bits per heavy atom. The van der Waals surface area contributed by atoms with E-state index in [0.717, 1.165) is 42.6 Å². The molecule has 0 bridgehead atoms. The summed E-state index contributed by atoms with van der Waals surface area (Å²) in [6, 6.07) is 19.1. The Kier molecular flexibility index (Phi) is 5.67. The Hall–Kier alpha value is -3.54. The van der Waals surface area contributed by atoms with E-state index in [4.69, 9.17) is 14.1 Å². The van der Waals surface area contributed by atoms with Crippen LogP contribution in [0, 0.1) is 0 Å². The lowest BCUT2D eigenvalue weighted by Gasteiger charge is -2.40. The summed E-state index contributed by atoms with van der Waals surface area (Å²) in [5, 5.41) is 6.59. The van der Waals surface area contributed by atoms with Gasteiger partial charge >= 0.3 is 6.09 Å². The normalized spacial score (nSPS) is 18.7. The van der Waals surface area contributed by atoms with Gasteiger partial charge in [0.05, 0.1) is 12.9 Å². The molecule has 2 atom stereocenters. The number of alkyl carbamates (subject to hydrolysis) is 1. The second-order valence-corrected chi connectivity index (χ2v) is 8.25. The summed E-state index contributed by atoms with van der Waals surface area (Å²) >= 11 is 0. The molecular formula is C26H27N3O3. The minimum atomic E-state index is -0.346. The number of fused-ring (bicyclic) bond motifs is 2. The number of rotatable bonds is 5. The van der Waals surface area contributed by atoms with E-state index in [9.17, 15) is 4.79 Å². The number of nitrogens with one attached hydrogen (secondary N) is 1. The van der Waals surface area contributed by atoms with E-state index in [1.54, 1.807) is 6.26 Å². The molecule has 1 aliphatic rings. The monoisotopic (exact) mass is 429 g/mol. The Labute approximate surface area is 187 Å². The number of nitrogens with zero attached hydrogens (tertiary/aromatic N) is 2. The number of carbonyl (C=O) groups excluding carboxylic acids is 1. The Morgan fingerprint density at radius 1 is 1.16 bits per heavy atom. The summed E-state index contributed by atoms with van der Waals surface area (Å²) in [4.78, 5) is 19.1. The van der Waals surface area contributed by atoms with Crippen molar-refractivity contribution < 1.29 is 13.9 Å². The molecule has 2 unspecified atom stereocenters. The zero-order chi connectivity index (χ0) is 21.9. The number of benzene rings is 2. The molecule has 1 fully saturated rings. The molecule has 5 rings (SSSR count). The van der Waals surface area contributed by atoms with Gasteiger partial charge in [-0.15, -0.1) is 0 Å². The molecule has 1 amide bonds. The van der Waals surface area contributed by atoms with Gasteiger partial charge in [0.2, 0.25) is 0 Å². The van der Waals surface area contributed by atoms with Crippen LogP contribution in [0.25, 0.3) is 21.7 Å². The summed E-state index contributed by atoms with van der Waals surface area (Å²) < 4.78 is 10.9. The average molecular weight is 430 g/mol. The van der Waals surface area contributed by atoms with Gasteiger partial charge in [-0.05, 0) is 54.7 Å². The number of hydrogen-bond acceptors (Lipinski definition) is 5. The number of aromatic nitrogens is 1. The van der Waals surface area contributed by atoms with Crippen LogP contribution in [0.5, 0.6) is 0 Å². The van der Waals surface area contributed by atoms with Crippen molar-refractivity contribution >= 4 is 33.7 Å². The van der Waals surface area contributed by atoms with E-state index in [-0.39, 0.29) is 18.2 Å². The number of ether oxygens (including phenoxy) is 1. The van der Waals surface area contributed by atoms with Gasteiger partial charge in [-0.3, -0.25) is 0 Å². The Bertz CT molecular complexity index is 1230. The van der Waals surface area contributed by atoms with E-state index < -0.39 is 0 Å². The van der Waals surface area contributed by atoms with Crippen molar-refractivity contribution in [3.05, 3.63) is 72.6 Å². The number of carbonyl (C=O) groups is 1. The molecule has 0 spiro atoms. The first-order valence-corrected chi connectivity index (χ1v) is 11.2. The highest BCUT2D eigenvalue weighted by Crippen LogP contribution is 2.33. The number of piperidine rings is 1. The molecule has 164 valence electrons. The van der Waals surface area contributed by atoms with E-state index in [2.05, 4.69) is 52.7 Å². The molecule has 1 aliphatic heterocycles. The average Bonchev–Trinajstić information content (AvgIpc) is 3.29. The summed E-state index contributed by atoms with van der Waals surface area (Å²) in [7, 11) is 0. The highest BCUT2D eigenvalue weighted by Gasteiger charge is 2.32. The SMILES string of the molecule is CCOC(=O)NC1CCN(c2nccc3ccoc23)C(Cc2cccc3ccccc23)C1. The lowest BCUT2D eigenvalue weighted by molar-refractivity contribution is 0.145. The third kappa shape index (κ3) is 4.00. The van der Waals surface area contributed by atoms with Gasteiger partial charge in [0.25, 0.3) is 0 Å². The molecule has 0 aliphatic carbocycles. The molecule has 6 nitrogen and oxygen atoms in total. The fourth-order valence-corrected chi connectivity index (χ4v) is 4.80. The highest BCUT2D eigenvalue weighted by molar-refractivity contribution is 5.88. The predicted molar refractivity (Wildman–Crippen MR) is 126 cm³/mol. The summed E-state index contributed by atoms with van der Waals surface area (Å²) in [6.07, 6.45) is 5.68. The van der Waals surface area contributed by atoms with Gasteiger partial charge in [-0.2, -0.15) is 0 Å². The van der Waals surface area contributed by atoms with Gasteiger partial charge in [0.15, 0.2) is 11.4 Å². The van der Waals surface area contributed by atoms with Crippen LogP contribution >= 0.6 is 0 Å². The first-order valence-electron chi connectivity index (χ1n) is 11.2. The van der Waals surface area contributed by atoms with Gasteiger partial charge < -0.3 is 19.4 Å². The topological polar surface area (TPSA) is 67.6 Å². The lowest BCUT2D eigenvalue weighted by Crippen LogP contribution is -2.51. The van der Waals surface area contributed by atoms with Crippen LogP contribution in [0.4, 0.5) is 10.6 Å². The van der Waals surface area contributed by atoms with E-state index in [1.165, 1.54) is 16.3 Å². The first kappa shape index (κ1) is 20.4. The molecular weight excluding hydrogens is 402 g/mol. The van der Waals surface area contributed by atoms with Gasteiger partial charge in [0, 0.05) is 30.2 Å². The first-order chi connectivity index (χ1) is 15.7. The van der Waals surface area contributed by atoms with Crippen molar-refractivity contribution in [2.45, 2.75) is 38.3 Å². The predicted octanol–water partition coefficient (Wildman–Crippen LogP) is 5.31. The standard InChI is InChI=1S/C26H27N3O3/c1-2-31-26(30)28-21-11-14-29(25-24-19(10-13-27-25)12-15-32-24)22(17-21)16-20-8-5-7-18-6-3-4-9-23(18)20/h3-10,12-13,15,21-22H,2,11,14,16-17H2,1H3,(H,28,30). The van der Waals surface area contributed by atoms with E-state index in [0.29, 0.717) is 6.61 Å². The summed E-state index contributed by atoms with van der Waals surface area (Å²) in [5.41, 5.74) is 2.11. The van der Waals surface area contributed by atoms with Crippen molar-refractivity contribution in [2.24, 2.45) is 0 Å². The van der Waals surface area contributed by atoms with Crippen LogP contribution in [-0.4, -0.2) is 36.3 Å². The third-order valence-electron chi connectivity index (χ3n) is 6.27. The van der Waals surface area contributed by atoms with Crippen molar-refractivity contribution in [3.63, 3.8) is 0 Å². The second kappa shape index (κ2) is 8.91. The molecule has 6 heteroatoms. The number of furan rings is 1. The highest BCUT2D eigenvalue weighted by atomic mass is 16.5. The van der Waals surface area contributed by atoms with Gasteiger partial charge in [-0.25, -0.2) is 9.78 Å². The van der Waals surface area contributed by atoms with E-state index >= 15 is 0 Å². The van der Waals surface area contributed by atoms with Gasteiger partial charge in [0.1, 0.15) is 0 Å². The number of anilines is 1. The zero-order valence-corrected chi connectivity index (χ0v) is 18.2. The van der Waals surface area contributed by atoms with Crippen molar-refractivity contribution in [1.29, 1.82) is 0 Å². The third-order valence-corrected chi connectivity index (χ3v) is 6.27. The smallest absolute Gasteiger partial charge is 0.407 e.